The molecule has 0 radical (unpaired) electrons. The molecule has 0 saturated carbocycles. The number of aryl methyl sites for hydroxylation is 1. The van der Waals surface area contributed by atoms with Crippen molar-refractivity contribution in [3.63, 3.8) is 0 Å². The number of rotatable bonds is 3. The van der Waals surface area contributed by atoms with Gasteiger partial charge >= 0.3 is 0 Å². The Labute approximate surface area is 99.7 Å². The topological polar surface area (TPSA) is 68.2 Å². The monoisotopic (exact) mass is 232 g/mol. The standard InChI is InChI=1S/C13H16N2O2/c1-8(16)12(14)5-9-7-15(2)13-4-3-10(17)6-11(9)13/h3-4,6-7,12,17H,5,14H2,1-2H3/t12-/m0/s1. The Morgan fingerprint density at radius 1 is 1.53 bits per heavy atom. The zero-order chi connectivity index (χ0) is 12.6. The summed E-state index contributed by atoms with van der Waals surface area (Å²) in [6.07, 6.45) is 2.45. The normalized spacial score (nSPS) is 12.9. The van der Waals surface area contributed by atoms with Crippen LogP contribution in [0.3, 0.4) is 0 Å². The summed E-state index contributed by atoms with van der Waals surface area (Å²) in [4.78, 5) is 11.2. The Morgan fingerprint density at radius 2 is 2.24 bits per heavy atom. The van der Waals surface area contributed by atoms with Gasteiger partial charge in [0.05, 0.1) is 6.04 Å². The summed E-state index contributed by atoms with van der Waals surface area (Å²) < 4.78 is 1.97. The Kier molecular flexibility index (Phi) is 2.90. The third-order valence-corrected chi connectivity index (χ3v) is 3.02. The van der Waals surface area contributed by atoms with E-state index >= 15 is 0 Å². The number of hydrogen-bond donors (Lipinski definition) is 2. The van der Waals surface area contributed by atoms with Crippen LogP contribution in [0.5, 0.6) is 5.75 Å². The molecule has 2 rings (SSSR count). The number of aromatic nitrogens is 1. The van der Waals surface area contributed by atoms with Gasteiger partial charge in [-0.15, -0.1) is 0 Å². The number of nitrogens with two attached hydrogens (primary N) is 1. The number of hydrogen-bond acceptors (Lipinski definition) is 3. The third-order valence-electron chi connectivity index (χ3n) is 3.02. The van der Waals surface area contributed by atoms with Gasteiger partial charge in [-0.25, -0.2) is 0 Å². The van der Waals surface area contributed by atoms with Crippen LogP contribution in [0.4, 0.5) is 0 Å². The van der Waals surface area contributed by atoms with Crippen molar-refractivity contribution in [2.45, 2.75) is 19.4 Å². The molecule has 90 valence electrons. The first-order valence-electron chi connectivity index (χ1n) is 5.52. The number of fused-ring (bicyclic) bond motifs is 1. The minimum absolute atomic E-state index is 0.0258. The van der Waals surface area contributed by atoms with Gasteiger partial charge in [-0.1, -0.05) is 0 Å². The molecule has 0 aliphatic rings. The van der Waals surface area contributed by atoms with E-state index in [4.69, 9.17) is 5.73 Å². The molecule has 17 heavy (non-hydrogen) atoms. The highest BCUT2D eigenvalue weighted by Gasteiger charge is 2.13. The highest BCUT2D eigenvalue weighted by atomic mass is 16.3. The van der Waals surface area contributed by atoms with Crippen LogP contribution in [0.1, 0.15) is 12.5 Å². The van der Waals surface area contributed by atoms with Gasteiger partial charge < -0.3 is 15.4 Å². The van der Waals surface area contributed by atoms with Gasteiger partial charge in [-0.2, -0.15) is 0 Å². The van der Waals surface area contributed by atoms with Gasteiger partial charge in [-0.3, -0.25) is 4.79 Å². The van der Waals surface area contributed by atoms with Crippen molar-refractivity contribution in [2.24, 2.45) is 12.8 Å². The van der Waals surface area contributed by atoms with Crippen LogP contribution in [0.15, 0.2) is 24.4 Å². The Bertz CT molecular complexity index is 572. The molecule has 0 spiro atoms. The first kappa shape index (κ1) is 11.7. The second kappa shape index (κ2) is 4.22. The maximum Gasteiger partial charge on any atom is 0.146 e. The van der Waals surface area contributed by atoms with Crippen molar-refractivity contribution < 1.29 is 9.90 Å². The van der Waals surface area contributed by atoms with Crippen molar-refractivity contribution in [3.05, 3.63) is 30.0 Å². The number of nitrogens with zero attached hydrogens (tertiary/aromatic N) is 1. The average molecular weight is 232 g/mol. The predicted octanol–water partition coefficient (Wildman–Crippen LogP) is 1.34. The minimum atomic E-state index is -0.483. The molecule has 0 saturated heterocycles. The van der Waals surface area contributed by atoms with E-state index in [1.807, 2.05) is 23.9 Å². The lowest BCUT2D eigenvalue weighted by atomic mass is 10.0. The molecule has 0 bridgehead atoms. The summed E-state index contributed by atoms with van der Waals surface area (Å²) in [7, 11) is 1.93. The molecule has 1 atom stereocenters. The van der Waals surface area contributed by atoms with E-state index in [9.17, 15) is 9.90 Å². The molecule has 0 unspecified atom stereocenters. The number of carbonyl (C=O) groups is 1. The zero-order valence-electron chi connectivity index (χ0n) is 9.97. The van der Waals surface area contributed by atoms with E-state index in [-0.39, 0.29) is 11.5 Å². The van der Waals surface area contributed by atoms with Crippen LogP contribution in [-0.4, -0.2) is 21.5 Å². The van der Waals surface area contributed by atoms with E-state index in [2.05, 4.69) is 0 Å². The van der Waals surface area contributed by atoms with Crippen LogP contribution < -0.4 is 5.73 Å². The number of aromatic hydroxyl groups is 1. The number of phenols is 1. The van der Waals surface area contributed by atoms with Crippen molar-refractivity contribution in [1.82, 2.24) is 4.57 Å². The number of phenolic OH excluding ortho intramolecular Hbond substituents is 1. The molecule has 0 fully saturated rings. The first-order valence-corrected chi connectivity index (χ1v) is 5.52. The Hall–Kier alpha value is -1.81. The lowest BCUT2D eigenvalue weighted by Gasteiger charge is -2.06. The van der Waals surface area contributed by atoms with Crippen LogP contribution >= 0.6 is 0 Å². The molecule has 0 amide bonds. The number of carbonyl (C=O) groups excluding carboxylic acids is 1. The van der Waals surface area contributed by atoms with Gasteiger partial charge in [0.25, 0.3) is 0 Å². The highest BCUT2D eigenvalue weighted by Crippen LogP contribution is 2.25. The van der Waals surface area contributed by atoms with E-state index in [0.717, 1.165) is 16.5 Å². The quantitative estimate of drug-likeness (QED) is 0.839. The molecular formula is C13H16N2O2. The van der Waals surface area contributed by atoms with Gasteiger partial charge in [0.15, 0.2) is 0 Å². The molecule has 0 aliphatic carbocycles. The molecule has 0 aliphatic heterocycles. The third kappa shape index (κ3) is 2.17. The van der Waals surface area contributed by atoms with E-state index < -0.39 is 6.04 Å². The molecule has 1 aromatic carbocycles. The van der Waals surface area contributed by atoms with Crippen LogP contribution in [0, 0.1) is 0 Å². The number of benzene rings is 1. The van der Waals surface area contributed by atoms with Gasteiger partial charge in [0.1, 0.15) is 11.5 Å². The predicted molar refractivity (Wildman–Crippen MR) is 66.9 cm³/mol. The molecule has 1 heterocycles. The fraction of sp³-hybridized carbons (Fsp3) is 0.308. The summed E-state index contributed by atoms with van der Waals surface area (Å²) in [5.41, 5.74) is 7.77. The van der Waals surface area contributed by atoms with Gasteiger partial charge in [0, 0.05) is 24.1 Å². The smallest absolute Gasteiger partial charge is 0.146 e. The van der Waals surface area contributed by atoms with Crippen molar-refractivity contribution in [3.8, 4) is 5.75 Å². The highest BCUT2D eigenvalue weighted by molar-refractivity contribution is 5.87. The van der Waals surface area contributed by atoms with Crippen LogP contribution in [0.2, 0.25) is 0 Å². The van der Waals surface area contributed by atoms with Crippen LogP contribution in [0.25, 0.3) is 10.9 Å². The first-order chi connectivity index (χ1) is 7.99. The molecule has 4 nitrogen and oxygen atoms in total. The van der Waals surface area contributed by atoms with Crippen LogP contribution in [-0.2, 0) is 18.3 Å². The second-order valence-corrected chi connectivity index (χ2v) is 4.39. The Morgan fingerprint density at radius 3 is 2.88 bits per heavy atom. The summed E-state index contributed by atoms with van der Waals surface area (Å²) in [6.45, 7) is 1.49. The Balaban J connectivity index is 2.47. The second-order valence-electron chi connectivity index (χ2n) is 4.39. The van der Waals surface area contributed by atoms with Gasteiger partial charge in [-0.05, 0) is 37.1 Å². The maximum atomic E-state index is 11.2. The minimum Gasteiger partial charge on any atom is -0.508 e. The molecule has 1 aromatic heterocycles. The number of ketones is 1. The fourth-order valence-electron chi connectivity index (χ4n) is 2.00. The summed E-state index contributed by atoms with van der Waals surface area (Å²) >= 11 is 0. The van der Waals surface area contributed by atoms with Gasteiger partial charge in [0.2, 0.25) is 0 Å². The van der Waals surface area contributed by atoms with E-state index in [1.54, 1.807) is 12.1 Å². The largest absolute Gasteiger partial charge is 0.508 e. The summed E-state index contributed by atoms with van der Waals surface area (Å²) in [5.74, 6) is 0.198. The summed E-state index contributed by atoms with van der Waals surface area (Å²) in [6, 6.07) is 4.73. The molecular weight excluding hydrogens is 216 g/mol. The lowest BCUT2D eigenvalue weighted by Crippen LogP contribution is -2.30. The average Bonchev–Trinajstić information content (AvgIpc) is 2.55. The fourth-order valence-corrected chi connectivity index (χ4v) is 2.00. The van der Waals surface area contributed by atoms with E-state index in [1.165, 1.54) is 6.92 Å². The summed E-state index contributed by atoms with van der Waals surface area (Å²) in [5, 5.41) is 10.4. The SMILES string of the molecule is CC(=O)[C@@H](N)Cc1cn(C)c2ccc(O)cc12. The van der Waals surface area contributed by atoms with Crippen molar-refractivity contribution >= 4 is 16.7 Å². The number of Topliss-reactive ketones (excluding diaryl/α,β-unsaturated/α-hetero) is 1. The van der Waals surface area contributed by atoms with Crippen molar-refractivity contribution in [2.75, 3.05) is 0 Å². The molecule has 2 aromatic rings. The molecule has 3 N–H and O–H groups in total. The molecule has 4 heteroatoms. The van der Waals surface area contributed by atoms with Crippen molar-refractivity contribution in [1.29, 1.82) is 0 Å². The van der Waals surface area contributed by atoms with E-state index in [0.29, 0.717) is 6.42 Å². The maximum absolute atomic E-state index is 11.2. The lowest BCUT2D eigenvalue weighted by molar-refractivity contribution is -0.118. The zero-order valence-corrected chi connectivity index (χ0v) is 9.97.